The third kappa shape index (κ3) is 5.45. The van der Waals surface area contributed by atoms with Crippen LogP contribution in [0.4, 0.5) is 11.6 Å². The van der Waals surface area contributed by atoms with Gasteiger partial charge in [-0.15, -0.1) is 11.3 Å². The summed E-state index contributed by atoms with van der Waals surface area (Å²) in [6.07, 6.45) is 2.68. The van der Waals surface area contributed by atoms with E-state index in [-0.39, 0.29) is 17.9 Å². The number of carbonyl (C=O) groups is 2. The molecule has 0 radical (unpaired) electrons. The number of imidazole rings is 1. The molecule has 210 valence electrons. The van der Waals surface area contributed by atoms with E-state index in [2.05, 4.69) is 10.3 Å². The van der Waals surface area contributed by atoms with E-state index >= 15 is 0 Å². The predicted molar refractivity (Wildman–Crippen MR) is 163 cm³/mol. The summed E-state index contributed by atoms with van der Waals surface area (Å²) in [5.41, 5.74) is 3.69. The second-order valence-electron chi connectivity index (χ2n) is 9.57. The van der Waals surface area contributed by atoms with Crippen LogP contribution < -0.4 is 10.2 Å². The second-order valence-corrected chi connectivity index (χ2v) is 10.7. The summed E-state index contributed by atoms with van der Waals surface area (Å²) < 4.78 is 13.2. The molecule has 3 aromatic carbocycles. The highest BCUT2D eigenvalue weighted by atomic mass is 32.1. The van der Waals surface area contributed by atoms with Gasteiger partial charge < -0.3 is 18.6 Å². The molecule has 10 heteroatoms. The van der Waals surface area contributed by atoms with Crippen LogP contribution in [0.3, 0.4) is 0 Å². The summed E-state index contributed by atoms with van der Waals surface area (Å²) in [5.74, 6) is 0.537. The van der Waals surface area contributed by atoms with Gasteiger partial charge in [0.05, 0.1) is 33.5 Å². The third-order valence-corrected chi connectivity index (χ3v) is 8.08. The molecule has 2 amide bonds. The van der Waals surface area contributed by atoms with Crippen molar-refractivity contribution in [1.29, 1.82) is 0 Å². The van der Waals surface area contributed by atoms with E-state index in [4.69, 9.17) is 14.1 Å². The van der Waals surface area contributed by atoms with Crippen molar-refractivity contribution in [2.45, 2.75) is 12.6 Å². The van der Waals surface area contributed by atoms with Gasteiger partial charge in [-0.2, -0.15) is 0 Å². The van der Waals surface area contributed by atoms with E-state index in [1.807, 2.05) is 77.4 Å². The fourth-order valence-electron chi connectivity index (χ4n) is 4.74. The summed E-state index contributed by atoms with van der Waals surface area (Å²) >= 11 is 1.30. The zero-order valence-electron chi connectivity index (χ0n) is 22.9. The molecule has 6 rings (SSSR count). The van der Waals surface area contributed by atoms with E-state index in [1.165, 1.54) is 17.7 Å². The van der Waals surface area contributed by atoms with Crippen molar-refractivity contribution in [3.8, 4) is 10.6 Å². The van der Waals surface area contributed by atoms with Gasteiger partial charge in [0, 0.05) is 25.4 Å². The Morgan fingerprint density at radius 1 is 1.02 bits per heavy atom. The van der Waals surface area contributed by atoms with Crippen molar-refractivity contribution < 1.29 is 18.7 Å². The number of benzene rings is 3. The maximum Gasteiger partial charge on any atom is 0.268 e. The molecular weight excluding hydrogens is 550 g/mol. The molecule has 42 heavy (non-hydrogen) atoms. The monoisotopic (exact) mass is 577 g/mol. The van der Waals surface area contributed by atoms with E-state index in [9.17, 15) is 9.59 Å². The first-order chi connectivity index (χ1) is 20.5. The summed E-state index contributed by atoms with van der Waals surface area (Å²) in [6, 6.07) is 28.2. The van der Waals surface area contributed by atoms with Crippen LogP contribution in [0, 0.1) is 0 Å². The van der Waals surface area contributed by atoms with Crippen LogP contribution in [0.25, 0.3) is 21.7 Å². The Hall–Kier alpha value is -5.06. The Balaban J connectivity index is 1.35. The first-order valence-corrected chi connectivity index (χ1v) is 14.0. The number of hydrogen-bond donors (Lipinski definition) is 1. The van der Waals surface area contributed by atoms with Gasteiger partial charge in [-0.1, -0.05) is 48.5 Å². The number of oxazole rings is 1. The highest BCUT2D eigenvalue weighted by molar-refractivity contribution is 7.17. The number of aromatic nitrogens is 3. The lowest BCUT2D eigenvalue weighted by molar-refractivity contribution is 0.0890. The van der Waals surface area contributed by atoms with Crippen LogP contribution in [0.15, 0.2) is 108 Å². The number of thiophene rings is 1. The number of ether oxygens (including phenoxy) is 1. The lowest BCUT2D eigenvalue weighted by Crippen LogP contribution is -2.26. The minimum atomic E-state index is -0.299. The Labute approximate surface area is 246 Å². The molecule has 0 saturated carbocycles. The Kier molecular flexibility index (Phi) is 7.63. The van der Waals surface area contributed by atoms with Crippen molar-refractivity contribution >= 4 is 45.8 Å². The third-order valence-electron chi connectivity index (χ3n) is 6.98. The number of methoxy groups -OCH3 is 1. The van der Waals surface area contributed by atoms with Gasteiger partial charge in [0.1, 0.15) is 6.10 Å². The SMILES string of the molecule is CO[C@H](Cn1c(NC(=O)c2ccc(-c3cnco3)s2)nc2cc(N(C)C(=O)c3ccccc3)ccc21)c1ccccc1. The topological polar surface area (TPSA) is 102 Å². The summed E-state index contributed by atoms with van der Waals surface area (Å²) in [5, 5.41) is 2.99. The number of amides is 2. The molecule has 0 bridgehead atoms. The largest absolute Gasteiger partial charge is 0.443 e. The van der Waals surface area contributed by atoms with E-state index in [0.29, 0.717) is 39.9 Å². The summed E-state index contributed by atoms with van der Waals surface area (Å²) in [4.78, 5) is 38.1. The normalized spacial score (nSPS) is 11.9. The van der Waals surface area contributed by atoms with Crippen LogP contribution in [0.5, 0.6) is 0 Å². The predicted octanol–water partition coefficient (Wildman–Crippen LogP) is 6.67. The quantitative estimate of drug-likeness (QED) is 0.206. The van der Waals surface area contributed by atoms with Crippen molar-refractivity contribution in [1.82, 2.24) is 14.5 Å². The molecule has 1 atom stereocenters. The molecule has 0 aliphatic carbocycles. The van der Waals surface area contributed by atoms with Crippen LogP contribution in [-0.2, 0) is 11.3 Å². The Bertz CT molecular complexity index is 1830. The first-order valence-electron chi connectivity index (χ1n) is 13.2. The molecular formula is C32H27N5O4S. The molecule has 0 aliphatic rings. The number of hydrogen-bond acceptors (Lipinski definition) is 7. The van der Waals surface area contributed by atoms with Gasteiger partial charge in [-0.05, 0) is 48.0 Å². The van der Waals surface area contributed by atoms with Crippen LogP contribution >= 0.6 is 11.3 Å². The average Bonchev–Trinajstić information content (AvgIpc) is 3.80. The number of nitrogens with one attached hydrogen (secondary N) is 1. The van der Waals surface area contributed by atoms with Gasteiger partial charge in [-0.25, -0.2) is 9.97 Å². The highest BCUT2D eigenvalue weighted by Crippen LogP contribution is 2.31. The van der Waals surface area contributed by atoms with Gasteiger partial charge in [-0.3, -0.25) is 14.9 Å². The molecule has 0 fully saturated rings. The van der Waals surface area contributed by atoms with Crippen molar-refractivity contribution in [2.75, 3.05) is 24.4 Å². The van der Waals surface area contributed by atoms with Crippen LogP contribution in [0.1, 0.15) is 31.7 Å². The zero-order chi connectivity index (χ0) is 29.1. The average molecular weight is 578 g/mol. The molecule has 0 aliphatic heterocycles. The molecule has 3 heterocycles. The van der Waals surface area contributed by atoms with Crippen molar-refractivity contribution in [3.05, 3.63) is 120 Å². The fourth-order valence-corrected chi connectivity index (χ4v) is 5.60. The first kappa shape index (κ1) is 27.1. The Morgan fingerprint density at radius 3 is 2.50 bits per heavy atom. The van der Waals surface area contributed by atoms with Gasteiger partial charge >= 0.3 is 0 Å². The number of carbonyl (C=O) groups excluding carboxylic acids is 2. The van der Waals surface area contributed by atoms with Gasteiger partial charge in [0.25, 0.3) is 11.8 Å². The molecule has 1 N–H and O–H groups in total. The summed E-state index contributed by atoms with van der Waals surface area (Å²) in [7, 11) is 3.39. The maximum absolute atomic E-state index is 13.4. The molecule has 0 saturated heterocycles. The molecule has 0 spiro atoms. The smallest absolute Gasteiger partial charge is 0.268 e. The standard InChI is InChI=1S/C32H27N5O4S/c1-36(31(39)22-11-7-4-8-12-22)23-13-14-25-24(17-23)34-32(37(25)19-27(40-2)21-9-5-3-6-10-21)35-30(38)29-16-15-28(42-29)26-18-33-20-41-26/h3-18,20,27H,19H2,1-2H3,(H,34,35,38)/t27-/m1/s1. The lowest BCUT2D eigenvalue weighted by atomic mass is 10.1. The maximum atomic E-state index is 13.4. The lowest BCUT2D eigenvalue weighted by Gasteiger charge is -2.19. The van der Waals surface area contributed by atoms with Crippen molar-refractivity contribution in [3.63, 3.8) is 0 Å². The molecule has 0 unspecified atom stereocenters. The van der Waals surface area contributed by atoms with Crippen molar-refractivity contribution in [2.24, 2.45) is 0 Å². The minimum Gasteiger partial charge on any atom is -0.443 e. The van der Waals surface area contributed by atoms with Gasteiger partial charge in [0.2, 0.25) is 5.95 Å². The van der Waals surface area contributed by atoms with Gasteiger partial charge in [0.15, 0.2) is 12.2 Å². The Morgan fingerprint density at radius 2 is 1.79 bits per heavy atom. The highest BCUT2D eigenvalue weighted by Gasteiger charge is 2.22. The van der Waals surface area contributed by atoms with E-state index < -0.39 is 0 Å². The summed E-state index contributed by atoms with van der Waals surface area (Å²) in [6.45, 7) is 0.401. The number of rotatable bonds is 9. The van der Waals surface area contributed by atoms with Crippen LogP contribution in [0.2, 0.25) is 0 Å². The minimum absolute atomic E-state index is 0.133. The number of fused-ring (bicyclic) bond motifs is 1. The van der Waals surface area contributed by atoms with E-state index in [1.54, 1.807) is 43.5 Å². The number of anilines is 2. The fraction of sp³-hybridized carbons (Fsp3) is 0.125. The molecule has 3 aromatic heterocycles. The second kappa shape index (κ2) is 11.8. The molecule has 9 nitrogen and oxygen atoms in total. The molecule has 6 aromatic rings. The van der Waals surface area contributed by atoms with Crippen LogP contribution in [-0.4, -0.2) is 40.5 Å². The zero-order valence-corrected chi connectivity index (χ0v) is 23.7. The number of nitrogens with zero attached hydrogens (tertiary/aromatic N) is 4. The van der Waals surface area contributed by atoms with E-state index in [0.717, 1.165) is 16.0 Å².